The molecule has 2 aromatic rings. The fraction of sp³-hybridized carbons (Fsp3) is 0.267. The number of nitrogens with two attached hydrogens (primary N) is 1. The molecule has 0 amide bonds. The molecular formula is C15H17N5O. The maximum Gasteiger partial charge on any atom is 0.170 e. The van der Waals surface area contributed by atoms with E-state index in [9.17, 15) is 0 Å². The summed E-state index contributed by atoms with van der Waals surface area (Å²) in [5.41, 5.74) is 9.61. The molecule has 3 N–H and O–H groups in total. The zero-order valence-electron chi connectivity index (χ0n) is 11.8. The maximum absolute atomic E-state index is 8.79. The van der Waals surface area contributed by atoms with Gasteiger partial charge in [0.2, 0.25) is 0 Å². The molecule has 1 heterocycles. The summed E-state index contributed by atoms with van der Waals surface area (Å²) in [7, 11) is 1.96. The van der Waals surface area contributed by atoms with Crippen LogP contribution in [-0.2, 0) is 12.8 Å². The molecule has 0 radical (unpaired) electrons. The highest BCUT2D eigenvalue weighted by Crippen LogP contribution is 2.31. The molecule has 1 aromatic carbocycles. The number of fused-ring (bicyclic) bond motifs is 1. The SMILES string of the molecule is CN(c1cccc(C(N)=NO)c1)c1ncnc2c1CCC2. The van der Waals surface area contributed by atoms with Crippen molar-refractivity contribution in [3.8, 4) is 0 Å². The van der Waals surface area contributed by atoms with Crippen molar-refractivity contribution in [3.63, 3.8) is 0 Å². The first-order valence-electron chi connectivity index (χ1n) is 6.85. The van der Waals surface area contributed by atoms with Crippen molar-refractivity contribution in [2.45, 2.75) is 19.3 Å². The van der Waals surface area contributed by atoms with Gasteiger partial charge in [0.05, 0.1) is 0 Å². The van der Waals surface area contributed by atoms with Crippen LogP contribution in [0.1, 0.15) is 23.2 Å². The van der Waals surface area contributed by atoms with E-state index in [4.69, 9.17) is 10.9 Å². The van der Waals surface area contributed by atoms with Crippen molar-refractivity contribution >= 4 is 17.3 Å². The number of hydrogen-bond donors (Lipinski definition) is 2. The summed E-state index contributed by atoms with van der Waals surface area (Å²) in [6.45, 7) is 0. The number of rotatable bonds is 3. The van der Waals surface area contributed by atoms with Crippen LogP contribution in [0, 0.1) is 0 Å². The summed E-state index contributed by atoms with van der Waals surface area (Å²) in [4.78, 5) is 10.8. The highest BCUT2D eigenvalue weighted by molar-refractivity contribution is 5.98. The first-order valence-corrected chi connectivity index (χ1v) is 6.85. The third kappa shape index (κ3) is 2.40. The van der Waals surface area contributed by atoms with E-state index in [1.807, 2.05) is 30.1 Å². The average Bonchev–Trinajstić information content (AvgIpc) is 3.02. The molecule has 0 atom stereocenters. The quantitative estimate of drug-likeness (QED) is 0.388. The molecule has 3 rings (SSSR count). The summed E-state index contributed by atoms with van der Waals surface area (Å²) in [6, 6.07) is 7.52. The average molecular weight is 283 g/mol. The topological polar surface area (TPSA) is 87.6 Å². The molecule has 21 heavy (non-hydrogen) atoms. The number of nitrogens with zero attached hydrogens (tertiary/aromatic N) is 4. The fourth-order valence-electron chi connectivity index (χ4n) is 2.69. The molecule has 6 heteroatoms. The van der Waals surface area contributed by atoms with E-state index >= 15 is 0 Å². The predicted octanol–water partition coefficient (Wildman–Crippen LogP) is 1.83. The molecule has 0 bridgehead atoms. The number of aryl methyl sites for hydroxylation is 1. The Hall–Kier alpha value is -2.63. The summed E-state index contributed by atoms with van der Waals surface area (Å²) in [5.74, 6) is 1.02. The van der Waals surface area contributed by atoms with E-state index in [2.05, 4.69) is 15.1 Å². The van der Waals surface area contributed by atoms with Crippen LogP contribution in [0.5, 0.6) is 0 Å². The lowest BCUT2D eigenvalue weighted by Gasteiger charge is -2.21. The van der Waals surface area contributed by atoms with Gasteiger partial charge in [-0.3, -0.25) is 0 Å². The second-order valence-corrected chi connectivity index (χ2v) is 5.07. The van der Waals surface area contributed by atoms with Crippen LogP contribution >= 0.6 is 0 Å². The van der Waals surface area contributed by atoms with Crippen LogP contribution < -0.4 is 10.6 Å². The zero-order chi connectivity index (χ0) is 14.8. The molecule has 1 aromatic heterocycles. The minimum absolute atomic E-state index is 0.0955. The lowest BCUT2D eigenvalue weighted by atomic mass is 10.1. The third-order valence-electron chi connectivity index (χ3n) is 3.81. The minimum Gasteiger partial charge on any atom is -0.409 e. The van der Waals surface area contributed by atoms with Crippen LogP contribution in [0.3, 0.4) is 0 Å². The van der Waals surface area contributed by atoms with Gasteiger partial charge in [-0.05, 0) is 31.4 Å². The summed E-state index contributed by atoms with van der Waals surface area (Å²) in [6.07, 6.45) is 4.76. The Morgan fingerprint density at radius 3 is 3.00 bits per heavy atom. The van der Waals surface area contributed by atoms with Gasteiger partial charge in [0.15, 0.2) is 5.84 Å². The van der Waals surface area contributed by atoms with Crippen molar-refractivity contribution in [3.05, 3.63) is 47.4 Å². The van der Waals surface area contributed by atoms with E-state index in [1.165, 1.54) is 5.56 Å². The van der Waals surface area contributed by atoms with Gasteiger partial charge in [-0.2, -0.15) is 0 Å². The molecule has 1 aliphatic rings. The third-order valence-corrected chi connectivity index (χ3v) is 3.81. The molecule has 0 unspecified atom stereocenters. The lowest BCUT2D eigenvalue weighted by molar-refractivity contribution is 0.318. The van der Waals surface area contributed by atoms with E-state index < -0.39 is 0 Å². The Balaban J connectivity index is 2.00. The summed E-state index contributed by atoms with van der Waals surface area (Å²) in [5, 5.41) is 11.8. The van der Waals surface area contributed by atoms with Gasteiger partial charge in [0, 0.05) is 29.6 Å². The minimum atomic E-state index is 0.0955. The second kappa shape index (κ2) is 5.40. The zero-order valence-corrected chi connectivity index (χ0v) is 11.8. The molecule has 1 aliphatic carbocycles. The predicted molar refractivity (Wildman–Crippen MR) is 81.1 cm³/mol. The number of aromatic nitrogens is 2. The Morgan fingerprint density at radius 2 is 2.19 bits per heavy atom. The molecule has 6 nitrogen and oxygen atoms in total. The Labute approximate surface area is 122 Å². The summed E-state index contributed by atoms with van der Waals surface area (Å²) >= 11 is 0. The van der Waals surface area contributed by atoms with Gasteiger partial charge in [0.25, 0.3) is 0 Å². The number of amidine groups is 1. The molecule has 0 fully saturated rings. The second-order valence-electron chi connectivity index (χ2n) is 5.07. The van der Waals surface area contributed by atoms with Gasteiger partial charge in [-0.1, -0.05) is 17.3 Å². The largest absolute Gasteiger partial charge is 0.409 e. The van der Waals surface area contributed by atoms with Gasteiger partial charge in [0.1, 0.15) is 12.1 Å². The monoisotopic (exact) mass is 283 g/mol. The first-order chi connectivity index (χ1) is 10.2. The molecule has 0 spiro atoms. The molecule has 0 aliphatic heterocycles. The first kappa shape index (κ1) is 13.4. The van der Waals surface area contributed by atoms with Crippen LogP contribution in [0.15, 0.2) is 35.7 Å². The number of hydrogen-bond acceptors (Lipinski definition) is 5. The summed E-state index contributed by atoms with van der Waals surface area (Å²) < 4.78 is 0. The van der Waals surface area contributed by atoms with Crippen molar-refractivity contribution in [1.29, 1.82) is 0 Å². The van der Waals surface area contributed by atoms with E-state index in [0.29, 0.717) is 5.56 Å². The number of benzene rings is 1. The highest BCUT2D eigenvalue weighted by Gasteiger charge is 2.20. The van der Waals surface area contributed by atoms with E-state index in [0.717, 1.165) is 36.5 Å². The molecule has 108 valence electrons. The Bertz CT molecular complexity index is 698. The standard InChI is InChI=1S/C15H17N5O/c1-20(11-5-2-4-10(8-11)14(16)19-21)15-12-6-3-7-13(12)17-9-18-15/h2,4-5,8-9,21H,3,6-7H2,1H3,(H2,16,19). The fourth-order valence-corrected chi connectivity index (χ4v) is 2.69. The Kier molecular flexibility index (Phi) is 3.43. The smallest absolute Gasteiger partial charge is 0.170 e. The van der Waals surface area contributed by atoms with Crippen molar-refractivity contribution in [2.24, 2.45) is 10.9 Å². The van der Waals surface area contributed by atoms with Crippen LogP contribution in [0.25, 0.3) is 0 Å². The highest BCUT2D eigenvalue weighted by atomic mass is 16.4. The molecular weight excluding hydrogens is 266 g/mol. The van der Waals surface area contributed by atoms with Crippen molar-refractivity contribution in [2.75, 3.05) is 11.9 Å². The number of oxime groups is 1. The Morgan fingerprint density at radius 1 is 1.33 bits per heavy atom. The van der Waals surface area contributed by atoms with Gasteiger partial charge in [-0.25, -0.2) is 9.97 Å². The molecule has 0 saturated carbocycles. The number of anilines is 2. The van der Waals surface area contributed by atoms with E-state index in [-0.39, 0.29) is 5.84 Å². The van der Waals surface area contributed by atoms with Crippen LogP contribution in [0.2, 0.25) is 0 Å². The molecule has 0 saturated heterocycles. The maximum atomic E-state index is 8.79. The lowest BCUT2D eigenvalue weighted by Crippen LogP contribution is -2.17. The van der Waals surface area contributed by atoms with Gasteiger partial charge >= 0.3 is 0 Å². The van der Waals surface area contributed by atoms with Crippen molar-refractivity contribution in [1.82, 2.24) is 9.97 Å². The van der Waals surface area contributed by atoms with E-state index in [1.54, 1.807) is 12.4 Å². The van der Waals surface area contributed by atoms with Crippen LogP contribution in [-0.4, -0.2) is 28.1 Å². The normalized spacial score (nSPS) is 14.0. The van der Waals surface area contributed by atoms with Gasteiger partial charge < -0.3 is 15.8 Å². The van der Waals surface area contributed by atoms with Gasteiger partial charge in [-0.15, -0.1) is 0 Å². The van der Waals surface area contributed by atoms with Crippen molar-refractivity contribution < 1.29 is 5.21 Å². The van der Waals surface area contributed by atoms with Crippen LogP contribution in [0.4, 0.5) is 11.5 Å².